The van der Waals surface area contributed by atoms with Crippen LogP contribution in [0.4, 0.5) is 18.9 Å². The summed E-state index contributed by atoms with van der Waals surface area (Å²) in [5.41, 5.74) is 2.03. The summed E-state index contributed by atoms with van der Waals surface area (Å²) in [7, 11) is 0. The summed E-state index contributed by atoms with van der Waals surface area (Å²) in [5, 5.41) is 11.0. The van der Waals surface area contributed by atoms with Crippen molar-refractivity contribution in [2.24, 2.45) is 0 Å². The number of nitro benzene ring substituents is 1. The van der Waals surface area contributed by atoms with Gasteiger partial charge in [0.1, 0.15) is 0 Å². The molecular weight excluding hydrogens is 466 g/mol. The summed E-state index contributed by atoms with van der Waals surface area (Å²) in [4.78, 5) is 21.9. The van der Waals surface area contributed by atoms with E-state index in [1.807, 2.05) is 6.92 Å². The van der Waals surface area contributed by atoms with Crippen molar-refractivity contribution in [2.75, 3.05) is 0 Å². The van der Waals surface area contributed by atoms with E-state index in [-0.39, 0.29) is 9.26 Å². The molecule has 0 radical (unpaired) electrons. The van der Waals surface area contributed by atoms with Gasteiger partial charge in [-0.2, -0.15) is 0 Å². The minimum atomic E-state index is -5.14. The molecule has 0 unspecified atom stereocenters. The van der Waals surface area contributed by atoms with Crippen molar-refractivity contribution in [1.29, 1.82) is 0 Å². The van der Waals surface area contributed by atoms with Crippen LogP contribution >= 0.6 is 20.2 Å². The molecule has 0 amide bonds. The predicted molar refractivity (Wildman–Crippen MR) is 97.3 cm³/mol. The molecule has 0 atom stereocenters. The molecule has 2 rings (SSSR count). The van der Waals surface area contributed by atoms with Gasteiger partial charge >= 0.3 is 155 Å². The summed E-state index contributed by atoms with van der Waals surface area (Å²) < 4.78 is 43.9. The second-order valence-corrected chi connectivity index (χ2v) is 9.75. The number of carbonyl (C=O) groups is 1. The number of nitro groups is 1. The molecule has 0 aliphatic carbocycles. The number of aryl methyl sites for hydroxylation is 3. The molecule has 140 valence electrons. The van der Waals surface area contributed by atoms with Crippen LogP contribution in [0, 0.1) is 38.0 Å². The van der Waals surface area contributed by atoms with Crippen molar-refractivity contribution in [3.05, 3.63) is 70.3 Å². The Kier molecular flexibility index (Phi) is 5.89. The molecule has 0 aromatic heterocycles. The summed E-state index contributed by atoms with van der Waals surface area (Å²) in [6, 6.07) is 8.81. The molecule has 2 aromatic rings. The van der Waals surface area contributed by atoms with E-state index in [4.69, 9.17) is 3.07 Å². The third-order valence-corrected chi connectivity index (χ3v) is 8.67. The number of benzene rings is 2. The fourth-order valence-corrected chi connectivity index (χ4v) is 7.18. The first-order valence-electron chi connectivity index (χ1n) is 7.32. The van der Waals surface area contributed by atoms with Crippen molar-refractivity contribution >= 4 is 31.9 Å². The van der Waals surface area contributed by atoms with E-state index >= 15 is 0 Å². The van der Waals surface area contributed by atoms with Gasteiger partial charge in [0.2, 0.25) is 0 Å². The molecule has 5 nitrogen and oxygen atoms in total. The second-order valence-electron chi connectivity index (χ2n) is 5.56. The quantitative estimate of drug-likeness (QED) is 0.347. The van der Waals surface area contributed by atoms with Crippen molar-refractivity contribution < 1.29 is 26.0 Å². The molecule has 0 N–H and O–H groups in total. The zero-order valence-corrected chi connectivity index (χ0v) is 16.2. The van der Waals surface area contributed by atoms with Crippen LogP contribution in [-0.4, -0.2) is 17.1 Å². The average molecular weight is 481 g/mol. The van der Waals surface area contributed by atoms with Gasteiger partial charge in [0.15, 0.2) is 0 Å². The summed E-state index contributed by atoms with van der Waals surface area (Å²) in [6.45, 7) is 5.29. The van der Waals surface area contributed by atoms with Crippen molar-refractivity contribution in [2.45, 2.75) is 26.9 Å². The number of hydrogen-bond donors (Lipinski definition) is 0. The Hall–Kier alpha value is -2.17. The van der Waals surface area contributed by atoms with E-state index in [2.05, 4.69) is 0 Å². The number of halogens is 4. The molecule has 0 fully saturated rings. The number of hydrogen-bond acceptors (Lipinski definition) is 4. The predicted octanol–water partition coefficient (Wildman–Crippen LogP) is 5.09. The third kappa shape index (κ3) is 4.51. The monoisotopic (exact) mass is 481 g/mol. The van der Waals surface area contributed by atoms with E-state index in [1.165, 1.54) is 24.3 Å². The van der Waals surface area contributed by atoms with Gasteiger partial charge in [-0.15, -0.1) is 0 Å². The fourth-order valence-electron chi connectivity index (χ4n) is 2.44. The SMILES string of the molecule is Cc1cc(C)c(I(OC(=O)C(F)(F)F)c2cccc([N+](=O)[O-])c2)c(C)c1. The van der Waals surface area contributed by atoms with E-state index in [9.17, 15) is 28.1 Å². The zero-order chi connectivity index (χ0) is 19.6. The van der Waals surface area contributed by atoms with E-state index < -0.39 is 37.3 Å². The Labute approximate surface area is 155 Å². The number of carbonyl (C=O) groups excluding carboxylic acids is 1. The summed E-state index contributed by atoms with van der Waals surface area (Å²) >= 11 is -3.37. The van der Waals surface area contributed by atoms with Crippen LogP contribution in [0.2, 0.25) is 0 Å². The van der Waals surface area contributed by atoms with Gasteiger partial charge in [0, 0.05) is 0 Å². The summed E-state index contributed by atoms with van der Waals surface area (Å²) in [5.74, 6) is -2.28. The number of rotatable bonds is 4. The van der Waals surface area contributed by atoms with Gasteiger partial charge in [-0.1, -0.05) is 0 Å². The Morgan fingerprint density at radius 2 is 1.69 bits per heavy atom. The van der Waals surface area contributed by atoms with Gasteiger partial charge in [-0.05, 0) is 0 Å². The molecule has 0 spiro atoms. The van der Waals surface area contributed by atoms with E-state index in [0.29, 0.717) is 14.7 Å². The minimum absolute atomic E-state index is 0.246. The molecule has 0 heterocycles. The van der Waals surface area contributed by atoms with Gasteiger partial charge in [0.25, 0.3) is 0 Å². The number of alkyl halides is 3. The first-order valence-corrected chi connectivity index (χ1v) is 10.4. The number of nitrogens with zero attached hydrogens (tertiary/aromatic N) is 1. The van der Waals surface area contributed by atoms with Crippen LogP contribution in [0.25, 0.3) is 0 Å². The topological polar surface area (TPSA) is 69.4 Å². The van der Waals surface area contributed by atoms with Crippen LogP contribution in [0.5, 0.6) is 0 Å². The van der Waals surface area contributed by atoms with Gasteiger partial charge in [-0.3, -0.25) is 0 Å². The molecule has 0 aliphatic heterocycles. The Balaban J connectivity index is 2.62. The van der Waals surface area contributed by atoms with E-state index in [0.717, 1.165) is 5.56 Å². The van der Waals surface area contributed by atoms with Crippen LogP contribution in [-0.2, 0) is 7.86 Å². The van der Waals surface area contributed by atoms with Crippen LogP contribution in [0.1, 0.15) is 16.7 Å². The van der Waals surface area contributed by atoms with Gasteiger partial charge in [0.05, 0.1) is 0 Å². The fraction of sp³-hybridized carbons (Fsp3) is 0.235. The average Bonchev–Trinajstić information content (AvgIpc) is 2.52. The van der Waals surface area contributed by atoms with Gasteiger partial charge in [-0.25, -0.2) is 0 Å². The summed E-state index contributed by atoms with van der Waals surface area (Å²) in [6.07, 6.45) is -5.14. The van der Waals surface area contributed by atoms with Gasteiger partial charge < -0.3 is 0 Å². The molecule has 0 saturated carbocycles. The first kappa shape index (κ1) is 20.1. The molecule has 9 heteroatoms. The molecular formula is C17H15F3INO4. The first-order chi connectivity index (χ1) is 12.0. The normalized spacial score (nSPS) is 11.8. The molecule has 0 saturated heterocycles. The van der Waals surface area contributed by atoms with Crippen LogP contribution in [0.15, 0.2) is 36.4 Å². The zero-order valence-electron chi connectivity index (χ0n) is 14.1. The Morgan fingerprint density at radius 3 is 2.19 bits per heavy atom. The number of non-ortho nitro benzene ring substituents is 1. The third-order valence-electron chi connectivity index (χ3n) is 3.35. The maximum absolute atomic E-state index is 12.8. The Bertz CT molecular complexity index is 844. The van der Waals surface area contributed by atoms with Crippen molar-refractivity contribution in [3.8, 4) is 0 Å². The molecule has 26 heavy (non-hydrogen) atoms. The van der Waals surface area contributed by atoms with Crippen LogP contribution in [0.3, 0.4) is 0 Å². The van der Waals surface area contributed by atoms with Crippen LogP contribution < -0.4 is 0 Å². The molecule has 2 aromatic carbocycles. The molecule has 0 bridgehead atoms. The van der Waals surface area contributed by atoms with Crippen molar-refractivity contribution in [3.63, 3.8) is 0 Å². The second kappa shape index (κ2) is 7.60. The molecule has 0 aliphatic rings. The Morgan fingerprint density at radius 1 is 1.12 bits per heavy atom. The maximum atomic E-state index is 12.8. The standard InChI is InChI=1S/C17H15F3INO4/c1-10-7-11(2)15(12(3)8-10)21(26-16(23)17(18,19)20)13-5-4-6-14(9-13)22(24)25/h4-9H,1-3H3. The van der Waals surface area contributed by atoms with Crippen molar-refractivity contribution in [1.82, 2.24) is 0 Å². The van der Waals surface area contributed by atoms with E-state index in [1.54, 1.807) is 26.0 Å².